The van der Waals surface area contributed by atoms with Crippen LogP contribution in [0.1, 0.15) is 12.8 Å². The molecule has 0 aliphatic carbocycles. The molecule has 25 heavy (non-hydrogen) atoms. The Kier molecular flexibility index (Phi) is 3.85. The van der Waals surface area contributed by atoms with Crippen molar-refractivity contribution < 1.29 is 22.7 Å². The van der Waals surface area contributed by atoms with Gasteiger partial charge in [-0.3, -0.25) is 0 Å². The summed E-state index contributed by atoms with van der Waals surface area (Å²) >= 11 is 0. The summed E-state index contributed by atoms with van der Waals surface area (Å²) in [4.78, 5) is 14.0. The lowest BCUT2D eigenvalue weighted by molar-refractivity contribution is 0.151. The van der Waals surface area contributed by atoms with Crippen LogP contribution in [-0.4, -0.2) is 27.3 Å². The molecule has 1 N–H and O–H groups in total. The topological polar surface area (TPSA) is 84.9 Å². The molecule has 2 aromatic carbocycles. The van der Waals surface area contributed by atoms with Gasteiger partial charge in [-0.05, 0) is 37.1 Å². The SMILES string of the molecule is O=C(Oc1ccccc1)Oc1ccc2c(c1)S(=O)(=O)NC1CCCN21. The van der Waals surface area contributed by atoms with Gasteiger partial charge in [0.05, 0.1) is 11.9 Å². The van der Waals surface area contributed by atoms with Crippen molar-refractivity contribution in [3.8, 4) is 11.5 Å². The van der Waals surface area contributed by atoms with Gasteiger partial charge >= 0.3 is 6.16 Å². The molecule has 1 fully saturated rings. The molecule has 2 aromatic rings. The van der Waals surface area contributed by atoms with Crippen molar-refractivity contribution in [1.82, 2.24) is 4.72 Å². The largest absolute Gasteiger partial charge is 0.519 e. The summed E-state index contributed by atoms with van der Waals surface area (Å²) < 4.78 is 37.7. The number of hydrogen-bond acceptors (Lipinski definition) is 6. The van der Waals surface area contributed by atoms with E-state index in [0.717, 1.165) is 19.4 Å². The van der Waals surface area contributed by atoms with Crippen molar-refractivity contribution in [2.24, 2.45) is 0 Å². The minimum atomic E-state index is -3.64. The molecule has 0 aromatic heterocycles. The number of sulfonamides is 1. The van der Waals surface area contributed by atoms with E-state index in [9.17, 15) is 13.2 Å². The second-order valence-corrected chi connectivity index (χ2v) is 7.55. The van der Waals surface area contributed by atoms with Crippen LogP contribution in [0.4, 0.5) is 10.5 Å². The maximum atomic E-state index is 12.4. The summed E-state index contributed by atoms with van der Waals surface area (Å²) in [5.74, 6) is 0.461. The van der Waals surface area contributed by atoms with E-state index in [2.05, 4.69) is 4.72 Å². The number of carbonyl (C=O) groups excluding carboxylic acids is 1. The average molecular weight is 360 g/mol. The molecule has 2 aliphatic rings. The monoisotopic (exact) mass is 360 g/mol. The molecule has 1 atom stereocenters. The normalized spacial score (nSPS) is 20.5. The smallest absolute Gasteiger partial charge is 0.395 e. The van der Waals surface area contributed by atoms with Crippen LogP contribution in [0.2, 0.25) is 0 Å². The van der Waals surface area contributed by atoms with Crippen molar-refractivity contribution in [2.45, 2.75) is 23.9 Å². The lowest BCUT2D eigenvalue weighted by atomic mass is 10.2. The van der Waals surface area contributed by atoms with Crippen LogP contribution in [0.25, 0.3) is 0 Å². The standard InChI is InChI=1S/C17H16N2O5S/c20-17(23-12-5-2-1-3-6-12)24-13-8-9-14-15(11-13)25(21,22)18-16-7-4-10-19(14)16/h1-3,5-6,8-9,11,16,18H,4,7,10H2. The maximum Gasteiger partial charge on any atom is 0.519 e. The van der Waals surface area contributed by atoms with E-state index in [1.54, 1.807) is 42.5 Å². The van der Waals surface area contributed by atoms with Crippen LogP contribution >= 0.6 is 0 Å². The second-order valence-electron chi connectivity index (χ2n) is 5.87. The van der Waals surface area contributed by atoms with E-state index in [0.29, 0.717) is 11.4 Å². The number of para-hydroxylation sites is 1. The lowest BCUT2D eigenvalue weighted by Crippen LogP contribution is -2.48. The van der Waals surface area contributed by atoms with Crippen LogP contribution in [0, 0.1) is 0 Å². The van der Waals surface area contributed by atoms with E-state index in [1.807, 2.05) is 4.90 Å². The summed E-state index contributed by atoms with van der Waals surface area (Å²) in [6, 6.07) is 13.1. The number of fused-ring (bicyclic) bond motifs is 3. The molecule has 2 aliphatic heterocycles. The molecule has 8 heteroatoms. The maximum absolute atomic E-state index is 12.4. The molecule has 0 bridgehead atoms. The first-order valence-electron chi connectivity index (χ1n) is 7.91. The molecule has 7 nitrogen and oxygen atoms in total. The van der Waals surface area contributed by atoms with Gasteiger partial charge in [-0.25, -0.2) is 13.2 Å². The van der Waals surface area contributed by atoms with Crippen LogP contribution in [0.5, 0.6) is 11.5 Å². The highest BCUT2D eigenvalue weighted by Gasteiger charge is 2.37. The second kappa shape index (κ2) is 6.05. The number of hydrogen-bond donors (Lipinski definition) is 1. The Bertz CT molecular complexity index is 914. The molecule has 0 spiro atoms. The molecular formula is C17H16N2O5S. The fourth-order valence-corrected chi connectivity index (χ4v) is 4.59. The van der Waals surface area contributed by atoms with E-state index >= 15 is 0 Å². The van der Waals surface area contributed by atoms with Gasteiger partial charge in [0.25, 0.3) is 0 Å². The van der Waals surface area contributed by atoms with Gasteiger partial charge in [0.1, 0.15) is 16.4 Å². The van der Waals surface area contributed by atoms with Crippen LogP contribution in [-0.2, 0) is 10.0 Å². The Morgan fingerprint density at radius 3 is 2.64 bits per heavy atom. The van der Waals surface area contributed by atoms with Crippen molar-refractivity contribution in [1.29, 1.82) is 0 Å². The van der Waals surface area contributed by atoms with E-state index in [4.69, 9.17) is 9.47 Å². The summed E-state index contributed by atoms with van der Waals surface area (Å²) in [7, 11) is -3.64. The Morgan fingerprint density at radius 2 is 1.84 bits per heavy atom. The van der Waals surface area contributed by atoms with Crippen molar-refractivity contribution >= 4 is 21.9 Å². The zero-order valence-electron chi connectivity index (χ0n) is 13.2. The average Bonchev–Trinajstić information content (AvgIpc) is 3.03. The molecule has 1 saturated heterocycles. The van der Waals surface area contributed by atoms with Crippen molar-refractivity contribution in [3.05, 3.63) is 48.5 Å². The zero-order chi connectivity index (χ0) is 17.4. The molecule has 4 rings (SSSR count). The summed E-state index contributed by atoms with van der Waals surface area (Å²) in [5.41, 5.74) is 0.630. The molecular weight excluding hydrogens is 344 g/mol. The summed E-state index contributed by atoms with van der Waals surface area (Å²) in [6.07, 6.45) is 0.577. The fourth-order valence-electron chi connectivity index (χ4n) is 3.13. The zero-order valence-corrected chi connectivity index (χ0v) is 14.0. The minimum Gasteiger partial charge on any atom is -0.395 e. The first-order chi connectivity index (χ1) is 12.0. The van der Waals surface area contributed by atoms with Gasteiger partial charge < -0.3 is 14.4 Å². The number of carbonyl (C=O) groups is 1. The Morgan fingerprint density at radius 1 is 1.08 bits per heavy atom. The predicted octanol–water partition coefficient (Wildman–Crippen LogP) is 2.48. The van der Waals surface area contributed by atoms with Crippen LogP contribution in [0.15, 0.2) is 53.4 Å². The lowest BCUT2D eigenvalue weighted by Gasteiger charge is -2.33. The number of anilines is 1. The molecule has 1 unspecified atom stereocenters. The third-order valence-electron chi connectivity index (χ3n) is 4.22. The minimum absolute atomic E-state index is 0.107. The van der Waals surface area contributed by atoms with Gasteiger partial charge in [-0.15, -0.1) is 0 Å². The highest BCUT2D eigenvalue weighted by atomic mass is 32.2. The molecule has 0 amide bonds. The van der Waals surface area contributed by atoms with Crippen LogP contribution < -0.4 is 19.1 Å². The molecule has 2 heterocycles. The predicted molar refractivity (Wildman–Crippen MR) is 90.2 cm³/mol. The Labute approximate surface area is 145 Å². The number of nitrogens with one attached hydrogen (secondary N) is 1. The molecule has 130 valence electrons. The van der Waals surface area contributed by atoms with E-state index in [1.165, 1.54) is 6.07 Å². The highest BCUT2D eigenvalue weighted by Crippen LogP contribution is 2.37. The number of nitrogens with zero attached hydrogens (tertiary/aromatic N) is 1. The Hall–Kier alpha value is -2.58. The van der Waals surface area contributed by atoms with Gasteiger partial charge in [0.15, 0.2) is 0 Å². The van der Waals surface area contributed by atoms with E-state index < -0.39 is 16.2 Å². The van der Waals surface area contributed by atoms with E-state index in [-0.39, 0.29) is 16.8 Å². The molecule has 0 radical (unpaired) electrons. The first-order valence-corrected chi connectivity index (χ1v) is 9.39. The van der Waals surface area contributed by atoms with Gasteiger partial charge in [-0.2, -0.15) is 4.72 Å². The number of ether oxygens (including phenoxy) is 2. The molecule has 0 saturated carbocycles. The quantitative estimate of drug-likeness (QED) is 0.654. The third kappa shape index (κ3) is 3.06. The summed E-state index contributed by atoms with van der Waals surface area (Å²) in [6.45, 7) is 0.788. The van der Waals surface area contributed by atoms with Gasteiger partial charge in [0, 0.05) is 12.6 Å². The van der Waals surface area contributed by atoms with Crippen molar-refractivity contribution in [3.63, 3.8) is 0 Å². The van der Waals surface area contributed by atoms with Gasteiger partial charge in [-0.1, -0.05) is 18.2 Å². The highest BCUT2D eigenvalue weighted by molar-refractivity contribution is 7.89. The fraction of sp³-hybridized carbons (Fsp3) is 0.235. The Balaban J connectivity index is 1.58. The summed E-state index contributed by atoms with van der Waals surface area (Å²) in [5, 5.41) is 0. The number of benzene rings is 2. The van der Waals surface area contributed by atoms with Crippen LogP contribution in [0.3, 0.4) is 0 Å². The number of rotatable bonds is 2. The third-order valence-corrected chi connectivity index (χ3v) is 5.71. The van der Waals surface area contributed by atoms with Gasteiger partial charge in [0.2, 0.25) is 10.0 Å². The first kappa shape index (κ1) is 15.9. The van der Waals surface area contributed by atoms with Crippen molar-refractivity contribution in [2.75, 3.05) is 11.4 Å².